The van der Waals surface area contributed by atoms with Gasteiger partial charge in [0, 0.05) is 25.2 Å². The number of hydrogen-bond acceptors (Lipinski definition) is 3. The van der Waals surface area contributed by atoms with Crippen LogP contribution in [0.5, 0.6) is 0 Å². The van der Waals surface area contributed by atoms with Gasteiger partial charge in [-0.3, -0.25) is 4.79 Å². The van der Waals surface area contributed by atoms with Gasteiger partial charge in [0.05, 0.1) is 6.04 Å². The van der Waals surface area contributed by atoms with Crippen LogP contribution in [0.1, 0.15) is 45.6 Å². The summed E-state index contributed by atoms with van der Waals surface area (Å²) in [5, 5.41) is 6.89. The SMILES string of the molecule is CCc1ccc(C2CNCCN2C(=O)c2ccc3c(c2)CCNCC3)cc1. The molecule has 0 bridgehead atoms. The second kappa shape index (κ2) is 8.24. The van der Waals surface area contributed by atoms with Crippen LogP contribution in [0, 0.1) is 0 Å². The Balaban J connectivity index is 1.59. The van der Waals surface area contributed by atoms with Gasteiger partial charge in [-0.25, -0.2) is 0 Å². The van der Waals surface area contributed by atoms with Crippen LogP contribution in [0.4, 0.5) is 0 Å². The number of carbonyl (C=O) groups is 1. The van der Waals surface area contributed by atoms with Gasteiger partial charge in [-0.15, -0.1) is 0 Å². The first-order valence-corrected chi connectivity index (χ1v) is 10.2. The molecule has 0 spiro atoms. The van der Waals surface area contributed by atoms with Gasteiger partial charge in [-0.05, 0) is 66.7 Å². The highest BCUT2D eigenvalue weighted by Crippen LogP contribution is 2.26. The molecule has 1 saturated heterocycles. The first-order valence-electron chi connectivity index (χ1n) is 10.2. The number of amides is 1. The molecule has 0 saturated carbocycles. The van der Waals surface area contributed by atoms with Crippen molar-refractivity contribution in [2.45, 2.75) is 32.2 Å². The maximum absolute atomic E-state index is 13.4. The highest BCUT2D eigenvalue weighted by atomic mass is 16.2. The summed E-state index contributed by atoms with van der Waals surface area (Å²) in [4.78, 5) is 15.4. The zero-order chi connectivity index (χ0) is 18.6. The number of hydrogen-bond donors (Lipinski definition) is 2. The third-order valence-electron chi connectivity index (χ3n) is 5.87. The van der Waals surface area contributed by atoms with Crippen LogP contribution in [0.15, 0.2) is 42.5 Å². The fourth-order valence-corrected chi connectivity index (χ4v) is 4.19. The molecule has 2 aromatic carbocycles. The highest BCUT2D eigenvalue weighted by Gasteiger charge is 2.29. The number of benzene rings is 2. The lowest BCUT2D eigenvalue weighted by Gasteiger charge is -2.37. The lowest BCUT2D eigenvalue weighted by Crippen LogP contribution is -2.48. The van der Waals surface area contributed by atoms with Crippen molar-refractivity contribution >= 4 is 5.91 Å². The molecule has 0 radical (unpaired) electrons. The molecular formula is C23H29N3O. The van der Waals surface area contributed by atoms with Crippen LogP contribution >= 0.6 is 0 Å². The molecule has 1 amide bonds. The molecule has 2 heterocycles. The lowest BCUT2D eigenvalue weighted by atomic mass is 9.97. The normalized spacial score (nSPS) is 20.0. The van der Waals surface area contributed by atoms with E-state index in [1.807, 2.05) is 11.0 Å². The van der Waals surface area contributed by atoms with Crippen LogP contribution in [-0.4, -0.2) is 43.5 Å². The third-order valence-corrected chi connectivity index (χ3v) is 5.87. The van der Waals surface area contributed by atoms with Gasteiger partial charge in [0.2, 0.25) is 0 Å². The van der Waals surface area contributed by atoms with Gasteiger partial charge in [0.15, 0.2) is 0 Å². The van der Waals surface area contributed by atoms with Crippen molar-refractivity contribution in [3.05, 3.63) is 70.3 Å². The summed E-state index contributed by atoms with van der Waals surface area (Å²) in [7, 11) is 0. The first kappa shape index (κ1) is 18.2. The van der Waals surface area contributed by atoms with Gasteiger partial charge in [0.1, 0.15) is 0 Å². The molecule has 2 aliphatic rings. The van der Waals surface area contributed by atoms with E-state index in [0.717, 1.165) is 57.5 Å². The predicted molar refractivity (Wildman–Crippen MR) is 109 cm³/mol. The van der Waals surface area contributed by atoms with E-state index in [4.69, 9.17) is 0 Å². The molecule has 2 aliphatic heterocycles. The van der Waals surface area contributed by atoms with Crippen molar-refractivity contribution in [2.24, 2.45) is 0 Å². The second-order valence-electron chi connectivity index (χ2n) is 7.55. The van der Waals surface area contributed by atoms with E-state index < -0.39 is 0 Å². The average molecular weight is 364 g/mol. The number of nitrogens with one attached hydrogen (secondary N) is 2. The molecule has 1 unspecified atom stereocenters. The van der Waals surface area contributed by atoms with Gasteiger partial charge < -0.3 is 15.5 Å². The van der Waals surface area contributed by atoms with Crippen LogP contribution in [-0.2, 0) is 19.3 Å². The third kappa shape index (κ3) is 3.92. The Morgan fingerprint density at radius 1 is 1.00 bits per heavy atom. The number of piperazine rings is 1. The van der Waals surface area contributed by atoms with Crippen molar-refractivity contribution in [3.8, 4) is 0 Å². The van der Waals surface area contributed by atoms with E-state index in [2.05, 4.69) is 54.0 Å². The Kier molecular flexibility index (Phi) is 5.55. The monoisotopic (exact) mass is 363 g/mol. The van der Waals surface area contributed by atoms with E-state index >= 15 is 0 Å². The zero-order valence-electron chi connectivity index (χ0n) is 16.1. The number of carbonyl (C=O) groups excluding carboxylic acids is 1. The van der Waals surface area contributed by atoms with Crippen molar-refractivity contribution in [2.75, 3.05) is 32.7 Å². The molecule has 4 heteroatoms. The van der Waals surface area contributed by atoms with Crippen LogP contribution in [0.25, 0.3) is 0 Å². The number of aryl methyl sites for hydroxylation is 1. The average Bonchev–Trinajstić information content (AvgIpc) is 2.98. The molecule has 27 heavy (non-hydrogen) atoms. The molecule has 1 atom stereocenters. The van der Waals surface area contributed by atoms with Gasteiger partial charge in [0.25, 0.3) is 5.91 Å². The number of fused-ring (bicyclic) bond motifs is 1. The summed E-state index contributed by atoms with van der Waals surface area (Å²) in [6, 6.07) is 15.1. The standard InChI is InChI=1S/C23H29N3O/c1-2-17-3-5-19(6-4-17)22-16-25-13-14-26(22)23(27)21-8-7-18-9-11-24-12-10-20(18)15-21/h3-8,15,22,24-25H,2,9-14,16H2,1H3. The molecule has 4 nitrogen and oxygen atoms in total. The summed E-state index contributed by atoms with van der Waals surface area (Å²) >= 11 is 0. The molecule has 2 aromatic rings. The van der Waals surface area contributed by atoms with Crippen molar-refractivity contribution in [1.29, 1.82) is 0 Å². The number of rotatable bonds is 3. The quantitative estimate of drug-likeness (QED) is 0.881. The molecule has 1 fully saturated rings. The molecule has 0 aromatic heterocycles. The van der Waals surface area contributed by atoms with Crippen molar-refractivity contribution in [3.63, 3.8) is 0 Å². The summed E-state index contributed by atoms with van der Waals surface area (Å²) in [5.41, 5.74) is 6.08. The fourth-order valence-electron chi connectivity index (χ4n) is 4.19. The summed E-state index contributed by atoms with van der Waals surface area (Å²) in [6.07, 6.45) is 3.08. The first-order chi connectivity index (χ1) is 13.3. The molecule has 0 aliphatic carbocycles. The zero-order valence-corrected chi connectivity index (χ0v) is 16.1. The van der Waals surface area contributed by atoms with E-state index in [-0.39, 0.29) is 11.9 Å². The Morgan fingerprint density at radius 2 is 1.78 bits per heavy atom. The van der Waals surface area contributed by atoms with Crippen molar-refractivity contribution < 1.29 is 4.79 Å². The van der Waals surface area contributed by atoms with Crippen LogP contribution in [0.2, 0.25) is 0 Å². The van der Waals surface area contributed by atoms with Crippen LogP contribution < -0.4 is 10.6 Å². The molecular weight excluding hydrogens is 334 g/mol. The number of nitrogens with zero attached hydrogens (tertiary/aromatic N) is 1. The Labute approximate surface area is 162 Å². The minimum Gasteiger partial charge on any atom is -0.329 e. The molecule has 142 valence electrons. The lowest BCUT2D eigenvalue weighted by molar-refractivity contribution is 0.0634. The van der Waals surface area contributed by atoms with Gasteiger partial charge in [-0.1, -0.05) is 37.3 Å². The minimum absolute atomic E-state index is 0.0950. The predicted octanol–water partition coefficient (Wildman–Crippen LogP) is 2.72. The molecule has 4 rings (SSSR count). The van der Waals surface area contributed by atoms with E-state index in [9.17, 15) is 4.79 Å². The van der Waals surface area contributed by atoms with E-state index in [1.54, 1.807) is 0 Å². The highest BCUT2D eigenvalue weighted by molar-refractivity contribution is 5.95. The Morgan fingerprint density at radius 3 is 2.56 bits per heavy atom. The molecule has 2 N–H and O–H groups in total. The van der Waals surface area contributed by atoms with Crippen molar-refractivity contribution in [1.82, 2.24) is 15.5 Å². The van der Waals surface area contributed by atoms with Gasteiger partial charge >= 0.3 is 0 Å². The largest absolute Gasteiger partial charge is 0.329 e. The smallest absolute Gasteiger partial charge is 0.254 e. The summed E-state index contributed by atoms with van der Waals surface area (Å²) in [5.74, 6) is 0.154. The Bertz CT molecular complexity index is 800. The van der Waals surface area contributed by atoms with Crippen LogP contribution in [0.3, 0.4) is 0 Å². The fraction of sp³-hybridized carbons (Fsp3) is 0.435. The topological polar surface area (TPSA) is 44.4 Å². The summed E-state index contributed by atoms with van der Waals surface area (Å²) < 4.78 is 0. The summed E-state index contributed by atoms with van der Waals surface area (Å²) in [6.45, 7) is 6.59. The second-order valence-corrected chi connectivity index (χ2v) is 7.55. The van der Waals surface area contributed by atoms with E-state index in [1.165, 1.54) is 22.3 Å². The maximum atomic E-state index is 13.4. The Hall–Kier alpha value is -2.17. The minimum atomic E-state index is 0.0950. The van der Waals surface area contributed by atoms with E-state index in [0.29, 0.717) is 0 Å². The maximum Gasteiger partial charge on any atom is 0.254 e. The van der Waals surface area contributed by atoms with Gasteiger partial charge in [-0.2, -0.15) is 0 Å².